The number of carbonyl (C=O) groups excluding carboxylic acids is 2. The number of thiophene rings is 1. The standard InChI is InChI=1S/C17H21N3O4S2/c1-11(2)15(19-16(21)14-8-5-9-25-14)17(22)18-12-6-4-7-13(10-12)20-26(3,23)24/h4-11,15,20H,1-3H3,(H,18,22)(H,19,21)/t15-/m0/s1. The van der Waals surface area contributed by atoms with Gasteiger partial charge in [0.25, 0.3) is 5.91 Å². The zero-order valence-corrected chi connectivity index (χ0v) is 16.3. The fraction of sp³-hybridized carbons (Fsp3) is 0.294. The molecule has 0 saturated heterocycles. The van der Waals surface area contributed by atoms with E-state index in [0.29, 0.717) is 16.3 Å². The number of hydrogen-bond donors (Lipinski definition) is 3. The molecule has 1 atom stereocenters. The fourth-order valence-corrected chi connectivity index (χ4v) is 3.43. The van der Waals surface area contributed by atoms with Crippen molar-refractivity contribution >= 4 is 44.5 Å². The van der Waals surface area contributed by atoms with Crippen LogP contribution in [0.4, 0.5) is 11.4 Å². The minimum atomic E-state index is -3.41. The monoisotopic (exact) mass is 395 g/mol. The second-order valence-corrected chi connectivity index (χ2v) is 8.81. The smallest absolute Gasteiger partial charge is 0.262 e. The van der Waals surface area contributed by atoms with E-state index in [1.165, 1.54) is 17.4 Å². The molecular formula is C17H21N3O4S2. The van der Waals surface area contributed by atoms with E-state index in [1.807, 2.05) is 13.8 Å². The molecule has 1 heterocycles. The lowest BCUT2D eigenvalue weighted by Gasteiger charge is -2.21. The van der Waals surface area contributed by atoms with E-state index in [0.717, 1.165) is 6.26 Å². The van der Waals surface area contributed by atoms with Gasteiger partial charge in [0.15, 0.2) is 0 Å². The lowest BCUT2D eigenvalue weighted by atomic mass is 10.0. The summed E-state index contributed by atoms with van der Waals surface area (Å²) in [5, 5.41) is 7.25. The first kappa shape index (κ1) is 19.9. The summed E-state index contributed by atoms with van der Waals surface area (Å²) in [5.41, 5.74) is 0.772. The highest BCUT2D eigenvalue weighted by atomic mass is 32.2. The van der Waals surface area contributed by atoms with Gasteiger partial charge in [0, 0.05) is 5.69 Å². The second kappa shape index (κ2) is 8.33. The fourth-order valence-electron chi connectivity index (χ4n) is 2.25. The van der Waals surface area contributed by atoms with E-state index in [9.17, 15) is 18.0 Å². The summed E-state index contributed by atoms with van der Waals surface area (Å²) < 4.78 is 25.0. The van der Waals surface area contributed by atoms with Crippen LogP contribution in [-0.4, -0.2) is 32.5 Å². The third kappa shape index (κ3) is 5.85. The number of carbonyl (C=O) groups is 2. The van der Waals surface area contributed by atoms with Gasteiger partial charge in [-0.2, -0.15) is 0 Å². The van der Waals surface area contributed by atoms with E-state index >= 15 is 0 Å². The third-order valence-electron chi connectivity index (χ3n) is 3.41. The summed E-state index contributed by atoms with van der Waals surface area (Å²) in [4.78, 5) is 25.4. The minimum Gasteiger partial charge on any atom is -0.339 e. The molecule has 3 N–H and O–H groups in total. The molecule has 0 unspecified atom stereocenters. The van der Waals surface area contributed by atoms with E-state index < -0.39 is 16.1 Å². The molecule has 0 bridgehead atoms. The molecule has 0 fully saturated rings. The van der Waals surface area contributed by atoms with Crippen LogP contribution in [0.5, 0.6) is 0 Å². The van der Waals surface area contributed by atoms with Gasteiger partial charge < -0.3 is 10.6 Å². The number of amides is 2. The van der Waals surface area contributed by atoms with Crippen LogP contribution in [0.1, 0.15) is 23.5 Å². The quantitative estimate of drug-likeness (QED) is 0.670. The summed E-state index contributed by atoms with van der Waals surface area (Å²) in [5.74, 6) is -0.806. The van der Waals surface area contributed by atoms with Crippen LogP contribution in [0.25, 0.3) is 0 Å². The number of sulfonamides is 1. The van der Waals surface area contributed by atoms with Gasteiger partial charge in [-0.15, -0.1) is 11.3 Å². The Morgan fingerprint density at radius 3 is 2.35 bits per heavy atom. The van der Waals surface area contributed by atoms with Gasteiger partial charge in [0.05, 0.1) is 16.8 Å². The number of rotatable bonds is 7. The van der Waals surface area contributed by atoms with E-state index in [4.69, 9.17) is 0 Å². The molecule has 26 heavy (non-hydrogen) atoms. The van der Waals surface area contributed by atoms with Gasteiger partial charge in [-0.1, -0.05) is 26.0 Å². The average molecular weight is 396 g/mol. The van der Waals surface area contributed by atoms with Gasteiger partial charge in [-0.05, 0) is 35.6 Å². The first-order valence-electron chi connectivity index (χ1n) is 7.89. The zero-order valence-electron chi connectivity index (χ0n) is 14.6. The molecule has 0 aliphatic heterocycles. The van der Waals surface area contributed by atoms with Crippen LogP contribution in [0.2, 0.25) is 0 Å². The van der Waals surface area contributed by atoms with Crippen molar-refractivity contribution in [3.63, 3.8) is 0 Å². The van der Waals surface area contributed by atoms with Crippen molar-refractivity contribution in [2.24, 2.45) is 5.92 Å². The normalized spacial score (nSPS) is 12.5. The van der Waals surface area contributed by atoms with E-state index in [-0.39, 0.29) is 17.7 Å². The van der Waals surface area contributed by atoms with Gasteiger partial charge in [0.2, 0.25) is 15.9 Å². The van der Waals surface area contributed by atoms with Gasteiger partial charge in [-0.3, -0.25) is 14.3 Å². The Morgan fingerprint density at radius 2 is 1.77 bits per heavy atom. The highest BCUT2D eigenvalue weighted by Crippen LogP contribution is 2.17. The predicted molar refractivity (Wildman–Crippen MR) is 104 cm³/mol. The van der Waals surface area contributed by atoms with Crippen LogP contribution >= 0.6 is 11.3 Å². The zero-order chi connectivity index (χ0) is 19.3. The summed E-state index contributed by atoms with van der Waals surface area (Å²) in [6, 6.07) is 9.09. The average Bonchev–Trinajstić information content (AvgIpc) is 3.05. The molecule has 0 aliphatic carbocycles. The maximum Gasteiger partial charge on any atom is 0.262 e. The Bertz CT molecular complexity index is 877. The van der Waals surface area contributed by atoms with Crippen molar-refractivity contribution in [3.05, 3.63) is 46.7 Å². The highest BCUT2D eigenvalue weighted by molar-refractivity contribution is 7.92. The highest BCUT2D eigenvalue weighted by Gasteiger charge is 2.25. The lowest BCUT2D eigenvalue weighted by molar-refractivity contribution is -0.118. The van der Waals surface area contributed by atoms with Gasteiger partial charge in [-0.25, -0.2) is 8.42 Å². The molecule has 1 aromatic heterocycles. The molecule has 9 heteroatoms. The number of anilines is 2. The molecule has 0 radical (unpaired) electrons. The van der Waals surface area contributed by atoms with Crippen LogP contribution < -0.4 is 15.4 Å². The molecular weight excluding hydrogens is 374 g/mol. The molecule has 140 valence electrons. The van der Waals surface area contributed by atoms with Gasteiger partial charge in [0.1, 0.15) is 6.04 Å². The molecule has 2 amide bonds. The first-order chi connectivity index (χ1) is 12.2. The molecule has 0 spiro atoms. The van der Waals surface area contributed by atoms with Crippen LogP contribution in [-0.2, 0) is 14.8 Å². The number of nitrogens with one attached hydrogen (secondary N) is 3. The van der Waals surface area contributed by atoms with Crippen molar-refractivity contribution < 1.29 is 18.0 Å². The Balaban J connectivity index is 2.10. The van der Waals surface area contributed by atoms with Crippen LogP contribution in [0, 0.1) is 5.92 Å². The van der Waals surface area contributed by atoms with Crippen molar-refractivity contribution in [2.45, 2.75) is 19.9 Å². The SMILES string of the molecule is CC(C)[C@H](NC(=O)c1cccs1)C(=O)Nc1cccc(NS(C)(=O)=O)c1. The lowest BCUT2D eigenvalue weighted by Crippen LogP contribution is -2.46. The number of benzene rings is 1. The van der Waals surface area contributed by atoms with E-state index in [1.54, 1.807) is 35.7 Å². The Kier molecular flexibility index (Phi) is 6.38. The molecule has 0 aliphatic rings. The largest absolute Gasteiger partial charge is 0.339 e. The predicted octanol–water partition coefficient (Wildman–Crippen LogP) is 2.51. The van der Waals surface area contributed by atoms with Crippen molar-refractivity contribution in [2.75, 3.05) is 16.3 Å². The summed E-state index contributed by atoms with van der Waals surface area (Å²) in [7, 11) is -3.41. The molecule has 1 aromatic carbocycles. The summed E-state index contributed by atoms with van der Waals surface area (Å²) in [6.07, 6.45) is 1.05. The topological polar surface area (TPSA) is 104 Å². The summed E-state index contributed by atoms with van der Waals surface area (Å²) >= 11 is 1.30. The van der Waals surface area contributed by atoms with Crippen molar-refractivity contribution in [1.82, 2.24) is 5.32 Å². The molecule has 2 aromatic rings. The Morgan fingerprint density at radius 1 is 1.08 bits per heavy atom. The minimum absolute atomic E-state index is 0.128. The summed E-state index contributed by atoms with van der Waals surface area (Å²) in [6.45, 7) is 3.67. The molecule has 7 nitrogen and oxygen atoms in total. The van der Waals surface area contributed by atoms with Crippen molar-refractivity contribution in [1.29, 1.82) is 0 Å². The molecule has 0 saturated carbocycles. The molecule has 2 rings (SSSR count). The first-order valence-corrected chi connectivity index (χ1v) is 10.7. The van der Waals surface area contributed by atoms with Crippen LogP contribution in [0.3, 0.4) is 0 Å². The maximum atomic E-state index is 12.6. The van der Waals surface area contributed by atoms with E-state index in [2.05, 4.69) is 15.4 Å². The maximum absolute atomic E-state index is 12.6. The second-order valence-electron chi connectivity index (χ2n) is 6.12. The van der Waals surface area contributed by atoms with Crippen LogP contribution in [0.15, 0.2) is 41.8 Å². The van der Waals surface area contributed by atoms with Crippen molar-refractivity contribution in [3.8, 4) is 0 Å². The Hall–Kier alpha value is -2.39. The van der Waals surface area contributed by atoms with Gasteiger partial charge >= 0.3 is 0 Å². The third-order valence-corrected chi connectivity index (χ3v) is 4.89. The Labute approximate surface area is 156 Å². The number of hydrogen-bond acceptors (Lipinski definition) is 5.